The van der Waals surface area contributed by atoms with Gasteiger partial charge in [0.2, 0.25) is 0 Å². The van der Waals surface area contributed by atoms with Crippen molar-refractivity contribution in [1.29, 1.82) is 0 Å². The monoisotopic (exact) mass is 249 g/mol. The van der Waals surface area contributed by atoms with E-state index in [4.69, 9.17) is 5.11 Å². The summed E-state index contributed by atoms with van der Waals surface area (Å²) in [6.45, 7) is 1.11. The maximum atomic E-state index is 8.39. The summed E-state index contributed by atoms with van der Waals surface area (Å²) in [5.41, 5.74) is 0. The normalized spacial score (nSPS) is 9.33. The summed E-state index contributed by atoms with van der Waals surface area (Å²) in [7, 11) is 6.16. The fourth-order valence-corrected chi connectivity index (χ4v) is 0.300. The molecule has 0 rings (SSSR count). The van der Waals surface area contributed by atoms with Crippen LogP contribution in [0.1, 0.15) is 0 Å². The zero-order chi connectivity index (χ0) is 5.91. The van der Waals surface area contributed by atoms with Gasteiger partial charge in [0.25, 0.3) is 0 Å². The van der Waals surface area contributed by atoms with Crippen LogP contribution in [0, 0.1) is 0 Å². The Morgan fingerprint density at radius 2 is 1.56 bits per heavy atom. The smallest absolute Gasteiger partial charge is 0.101 e. The minimum absolute atomic E-state index is 0. The van der Waals surface area contributed by atoms with Gasteiger partial charge in [-0.15, -0.1) is 0 Å². The fourth-order valence-electron chi connectivity index (χ4n) is 0.300. The topological polar surface area (TPSA) is 51.7 Å². The molecular weight excluding hydrogens is 233 g/mol. The molecule has 0 bridgehead atoms. The Hall–Kier alpha value is 0.610. The maximum Gasteiger partial charge on any atom is 0.101 e. The number of likely N-dealkylation sites (N-methyl/N-ethyl adjacent to an activating group) is 1. The van der Waals surface area contributed by atoms with Crippen LogP contribution in [0.15, 0.2) is 0 Å². The summed E-state index contributed by atoms with van der Waals surface area (Å²) in [5, 5.41) is 8.39. The van der Waals surface area contributed by atoms with Crippen molar-refractivity contribution in [2.45, 2.75) is 0 Å². The van der Waals surface area contributed by atoms with Gasteiger partial charge < -0.3 is 39.0 Å². The molecular formula is C5H16INO2. The molecule has 0 atom stereocenters. The molecule has 0 unspecified atom stereocenters. The average Bonchev–Trinajstić information content (AvgIpc) is 1.30. The van der Waals surface area contributed by atoms with Gasteiger partial charge in [-0.05, 0) is 0 Å². The Labute approximate surface area is 73.6 Å². The third-order valence-corrected chi connectivity index (χ3v) is 0.771. The lowest BCUT2D eigenvalue weighted by molar-refractivity contribution is -0.870. The van der Waals surface area contributed by atoms with Gasteiger partial charge >= 0.3 is 0 Å². The minimum atomic E-state index is 0. The standard InChI is InChI=1S/C5H14NO.HI.H2O/c1-6(2,3)4-5-7;;/h7H,4-5H2,1-3H3;1H;1H2/q+1;;/p-1. The van der Waals surface area contributed by atoms with Crippen LogP contribution < -0.4 is 24.0 Å². The SMILES string of the molecule is C[N+](C)(C)CCO.O.[I-]. The van der Waals surface area contributed by atoms with Crippen LogP contribution in [0.4, 0.5) is 0 Å². The van der Waals surface area contributed by atoms with Gasteiger partial charge in [-0.25, -0.2) is 0 Å². The van der Waals surface area contributed by atoms with Crippen LogP contribution in [0.5, 0.6) is 0 Å². The van der Waals surface area contributed by atoms with Crippen LogP contribution >= 0.6 is 0 Å². The second-order valence-electron chi connectivity index (χ2n) is 2.74. The Morgan fingerprint density at radius 1 is 1.22 bits per heavy atom. The van der Waals surface area contributed by atoms with Crippen LogP contribution in [0.2, 0.25) is 0 Å². The molecule has 60 valence electrons. The van der Waals surface area contributed by atoms with Crippen molar-refractivity contribution in [2.75, 3.05) is 34.3 Å². The van der Waals surface area contributed by atoms with Crippen molar-refractivity contribution in [2.24, 2.45) is 0 Å². The van der Waals surface area contributed by atoms with E-state index in [-0.39, 0.29) is 36.1 Å². The molecule has 0 saturated heterocycles. The number of aliphatic hydroxyl groups is 1. The van der Waals surface area contributed by atoms with Gasteiger partial charge in [-0.1, -0.05) is 0 Å². The quantitative estimate of drug-likeness (QED) is 0.392. The molecule has 0 aromatic heterocycles. The number of halogens is 1. The molecule has 3 nitrogen and oxygen atoms in total. The zero-order valence-corrected chi connectivity index (χ0v) is 8.34. The highest BCUT2D eigenvalue weighted by atomic mass is 127. The highest BCUT2D eigenvalue weighted by Gasteiger charge is 2.02. The van der Waals surface area contributed by atoms with Crippen LogP contribution in [-0.4, -0.2) is 49.4 Å². The van der Waals surface area contributed by atoms with Gasteiger partial charge in [-0.2, -0.15) is 0 Å². The molecule has 0 amide bonds. The van der Waals surface area contributed by atoms with E-state index in [2.05, 4.69) is 21.1 Å². The Balaban J connectivity index is -0.000000180. The molecule has 0 spiro atoms. The Bertz CT molecular complexity index is 53.4. The lowest BCUT2D eigenvalue weighted by Crippen LogP contribution is -3.00. The van der Waals surface area contributed by atoms with E-state index < -0.39 is 0 Å². The summed E-state index contributed by atoms with van der Waals surface area (Å²) in [6, 6.07) is 0. The van der Waals surface area contributed by atoms with E-state index >= 15 is 0 Å². The first-order valence-electron chi connectivity index (χ1n) is 2.47. The van der Waals surface area contributed by atoms with Gasteiger partial charge in [0.05, 0.1) is 27.7 Å². The molecule has 0 aliphatic carbocycles. The van der Waals surface area contributed by atoms with E-state index in [1.807, 2.05) is 0 Å². The summed E-state index contributed by atoms with van der Waals surface area (Å²) in [5.74, 6) is 0. The number of nitrogens with zero attached hydrogens (tertiary/aromatic N) is 1. The van der Waals surface area contributed by atoms with Crippen molar-refractivity contribution >= 4 is 0 Å². The van der Waals surface area contributed by atoms with Gasteiger partial charge in [0, 0.05) is 0 Å². The molecule has 3 N–H and O–H groups in total. The lowest BCUT2D eigenvalue weighted by atomic mass is 10.5. The highest BCUT2D eigenvalue weighted by Crippen LogP contribution is 1.84. The first-order valence-corrected chi connectivity index (χ1v) is 2.47. The molecule has 0 radical (unpaired) electrons. The summed E-state index contributed by atoms with van der Waals surface area (Å²) >= 11 is 0. The predicted octanol–water partition coefficient (Wildman–Crippen LogP) is -4.14. The fraction of sp³-hybridized carbons (Fsp3) is 1.00. The molecule has 0 saturated carbocycles. The Morgan fingerprint density at radius 3 is 1.56 bits per heavy atom. The van der Waals surface area contributed by atoms with Crippen molar-refractivity contribution in [3.05, 3.63) is 0 Å². The van der Waals surface area contributed by atoms with Crippen molar-refractivity contribution in [3.8, 4) is 0 Å². The molecule has 0 aliphatic heterocycles. The van der Waals surface area contributed by atoms with E-state index in [0.717, 1.165) is 11.0 Å². The van der Waals surface area contributed by atoms with E-state index in [1.54, 1.807) is 0 Å². The molecule has 9 heavy (non-hydrogen) atoms. The average molecular weight is 249 g/mol. The summed E-state index contributed by atoms with van der Waals surface area (Å²) in [6.07, 6.45) is 0. The lowest BCUT2D eigenvalue weighted by Gasteiger charge is -2.21. The number of quaternary nitrogens is 1. The summed E-state index contributed by atoms with van der Waals surface area (Å²) in [4.78, 5) is 0. The second kappa shape index (κ2) is 6.73. The predicted molar refractivity (Wildman–Crippen MR) is 33.6 cm³/mol. The van der Waals surface area contributed by atoms with Crippen molar-refractivity contribution < 1.29 is 39.0 Å². The summed E-state index contributed by atoms with van der Waals surface area (Å²) < 4.78 is 0.844. The van der Waals surface area contributed by atoms with Crippen molar-refractivity contribution in [3.63, 3.8) is 0 Å². The van der Waals surface area contributed by atoms with Gasteiger partial charge in [-0.3, -0.25) is 0 Å². The molecule has 0 heterocycles. The second-order valence-corrected chi connectivity index (χ2v) is 2.74. The first-order chi connectivity index (χ1) is 3.06. The number of aliphatic hydroxyl groups excluding tert-OH is 1. The third kappa shape index (κ3) is 17.7. The largest absolute Gasteiger partial charge is 1.00 e. The van der Waals surface area contributed by atoms with Crippen molar-refractivity contribution in [1.82, 2.24) is 0 Å². The van der Waals surface area contributed by atoms with Crippen LogP contribution in [0.25, 0.3) is 0 Å². The molecule has 0 fully saturated rings. The Kier molecular flexibility index (Phi) is 12.2. The first kappa shape index (κ1) is 16.3. The zero-order valence-electron chi connectivity index (χ0n) is 6.19. The molecule has 0 aliphatic rings. The molecule has 0 aromatic carbocycles. The van der Waals surface area contributed by atoms with Crippen LogP contribution in [-0.2, 0) is 0 Å². The number of hydrogen-bond acceptors (Lipinski definition) is 1. The van der Waals surface area contributed by atoms with Gasteiger partial charge in [0.15, 0.2) is 0 Å². The van der Waals surface area contributed by atoms with Crippen LogP contribution in [0.3, 0.4) is 0 Å². The minimum Gasteiger partial charge on any atom is -1.00 e. The molecule has 4 heteroatoms. The van der Waals surface area contributed by atoms with Gasteiger partial charge in [0.1, 0.15) is 6.54 Å². The highest BCUT2D eigenvalue weighted by molar-refractivity contribution is 4.19. The molecule has 0 aromatic rings. The number of hydrogen-bond donors (Lipinski definition) is 1. The maximum absolute atomic E-state index is 8.39. The number of rotatable bonds is 2. The van der Waals surface area contributed by atoms with E-state index in [9.17, 15) is 0 Å². The van der Waals surface area contributed by atoms with E-state index in [0.29, 0.717) is 0 Å². The van der Waals surface area contributed by atoms with E-state index in [1.165, 1.54) is 0 Å². The third-order valence-electron chi connectivity index (χ3n) is 0.771.